The Morgan fingerprint density at radius 3 is 2.81 bits per heavy atom. The number of aryl methyl sites for hydroxylation is 1. The number of hydrogen-bond donors (Lipinski definition) is 1. The summed E-state index contributed by atoms with van der Waals surface area (Å²) < 4.78 is 5.86. The quantitative estimate of drug-likeness (QED) is 0.852. The number of likely N-dealkylation sites (tertiary alicyclic amines) is 1. The molecule has 3 fully saturated rings. The van der Waals surface area contributed by atoms with E-state index in [1.54, 1.807) is 12.4 Å². The third-order valence-corrected chi connectivity index (χ3v) is 6.10. The topological polar surface area (TPSA) is 84.4 Å². The number of carbonyl (C=O) groups is 2. The summed E-state index contributed by atoms with van der Waals surface area (Å²) in [5, 5.41) is 3.19. The lowest BCUT2D eigenvalue weighted by atomic mass is 9.75. The van der Waals surface area contributed by atoms with Gasteiger partial charge in [0.2, 0.25) is 11.8 Å². The lowest BCUT2D eigenvalue weighted by Crippen LogP contribution is -2.60. The van der Waals surface area contributed by atoms with E-state index in [2.05, 4.69) is 15.3 Å². The number of carbonyl (C=O) groups excluding carboxylic acids is 2. The molecule has 0 unspecified atom stereocenters. The molecule has 1 N–H and O–H groups in total. The maximum Gasteiger partial charge on any atom is 0.230 e. The van der Waals surface area contributed by atoms with Gasteiger partial charge < -0.3 is 15.0 Å². The second kappa shape index (κ2) is 7.31. The van der Waals surface area contributed by atoms with E-state index in [4.69, 9.17) is 4.74 Å². The molecule has 2 aliphatic heterocycles. The smallest absolute Gasteiger partial charge is 0.230 e. The first-order chi connectivity index (χ1) is 12.7. The molecule has 0 radical (unpaired) electrons. The van der Waals surface area contributed by atoms with Gasteiger partial charge in [-0.2, -0.15) is 0 Å². The summed E-state index contributed by atoms with van der Waals surface area (Å²) in [7, 11) is 0. The van der Waals surface area contributed by atoms with Gasteiger partial charge in [0.15, 0.2) is 0 Å². The van der Waals surface area contributed by atoms with Crippen molar-refractivity contribution in [1.82, 2.24) is 20.2 Å². The minimum atomic E-state index is -0.570. The molecule has 3 aliphatic rings. The average molecular weight is 358 g/mol. The Morgan fingerprint density at radius 1 is 1.27 bits per heavy atom. The van der Waals surface area contributed by atoms with Crippen LogP contribution in [0, 0.1) is 5.41 Å². The minimum absolute atomic E-state index is 0.0610. The van der Waals surface area contributed by atoms with Crippen LogP contribution in [-0.2, 0) is 20.7 Å². The van der Waals surface area contributed by atoms with Gasteiger partial charge in [-0.25, -0.2) is 9.97 Å². The number of fused-ring (bicyclic) bond motifs is 1. The van der Waals surface area contributed by atoms with Crippen LogP contribution < -0.4 is 5.32 Å². The number of piperidine rings is 1. The highest BCUT2D eigenvalue weighted by molar-refractivity contribution is 5.86. The van der Waals surface area contributed by atoms with Crippen molar-refractivity contribution in [1.29, 1.82) is 0 Å². The molecule has 1 aliphatic carbocycles. The lowest BCUT2D eigenvalue weighted by Gasteiger charge is -2.43. The van der Waals surface area contributed by atoms with Gasteiger partial charge in [0.1, 0.15) is 6.33 Å². The van der Waals surface area contributed by atoms with Crippen LogP contribution in [0.3, 0.4) is 0 Å². The Bertz CT molecular complexity index is 664. The molecule has 7 heteroatoms. The largest absolute Gasteiger partial charge is 0.377 e. The number of hydrogen-bond acceptors (Lipinski definition) is 5. The number of nitrogens with one attached hydrogen (secondary N) is 1. The number of rotatable bonds is 5. The van der Waals surface area contributed by atoms with Crippen LogP contribution in [-0.4, -0.2) is 58.5 Å². The number of nitrogens with zero attached hydrogens (tertiary/aromatic N) is 3. The second-order valence-corrected chi connectivity index (χ2v) is 7.72. The molecule has 4 rings (SSSR count). The molecule has 7 nitrogen and oxygen atoms in total. The molecule has 1 aromatic rings. The van der Waals surface area contributed by atoms with Crippen molar-refractivity contribution in [3.63, 3.8) is 0 Å². The molecule has 2 saturated heterocycles. The van der Waals surface area contributed by atoms with Crippen molar-refractivity contribution in [3.05, 3.63) is 24.3 Å². The summed E-state index contributed by atoms with van der Waals surface area (Å²) in [6, 6.07) is 0.308. The van der Waals surface area contributed by atoms with Crippen molar-refractivity contribution in [2.75, 3.05) is 19.7 Å². The fourth-order valence-electron chi connectivity index (χ4n) is 4.23. The van der Waals surface area contributed by atoms with Crippen LogP contribution in [0.5, 0.6) is 0 Å². The molecule has 26 heavy (non-hydrogen) atoms. The Morgan fingerprint density at radius 2 is 2.08 bits per heavy atom. The molecular formula is C19H26N4O3. The SMILES string of the molecule is O=C(CCc1cncnc1)N1CC[C@H]2OCC[C@@]2(C(=O)NC2CCC2)C1. The summed E-state index contributed by atoms with van der Waals surface area (Å²) >= 11 is 0. The standard InChI is InChI=1S/C19H26N4O3/c24-17(5-4-14-10-20-13-21-11-14)23-8-6-16-19(12-23,7-9-26-16)18(25)22-15-2-1-3-15/h10-11,13,15-16H,1-9,12H2,(H,22,25)/t16-,19-/m1/s1. The van der Waals surface area contributed by atoms with Gasteiger partial charge in [-0.3, -0.25) is 9.59 Å². The van der Waals surface area contributed by atoms with E-state index in [0.717, 1.165) is 24.8 Å². The zero-order valence-corrected chi connectivity index (χ0v) is 15.0. The van der Waals surface area contributed by atoms with Gasteiger partial charge >= 0.3 is 0 Å². The van der Waals surface area contributed by atoms with Crippen LogP contribution in [0.25, 0.3) is 0 Å². The van der Waals surface area contributed by atoms with Gasteiger partial charge in [-0.05, 0) is 44.1 Å². The third-order valence-electron chi connectivity index (χ3n) is 6.10. The Hall–Kier alpha value is -2.02. The van der Waals surface area contributed by atoms with Crippen LogP contribution in [0.15, 0.2) is 18.7 Å². The number of aromatic nitrogens is 2. The van der Waals surface area contributed by atoms with E-state index >= 15 is 0 Å². The zero-order valence-electron chi connectivity index (χ0n) is 15.0. The maximum atomic E-state index is 13.0. The number of amides is 2. The van der Waals surface area contributed by atoms with Crippen molar-refractivity contribution in [2.24, 2.45) is 5.41 Å². The van der Waals surface area contributed by atoms with E-state index in [-0.39, 0.29) is 17.9 Å². The van der Waals surface area contributed by atoms with Crippen LogP contribution in [0.1, 0.15) is 44.1 Å². The van der Waals surface area contributed by atoms with E-state index in [1.165, 1.54) is 12.7 Å². The van der Waals surface area contributed by atoms with Crippen LogP contribution in [0.2, 0.25) is 0 Å². The third kappa shape index (κ3) is 3.32. The van der Waals surface area contributed by atoms with Crippen LogP contribution in [0.4, 0.5) is 0 Å². The molecule has 140 valence electrons. The van der Waals surface area contributed by atoms with Crippen molar-refractivity contribution >= 4 is 11.8 Å². The Kier molecular flexibility index (Phi) is 4.89. The van der Waals surface area contributed by atoms with Crippen molar-refractivity contribution in [3.8, 4) is 0 Å². The van der Waals surface area contributed by atoms with Gasteiger partial charge in [-0.15, -0.1) is 0 Å². The van der Waals surface area contributed by atoms with E-state index in [0.29, 0.717) is 45.0 Å². The summed E-state index contributed by atoms with van der Waals surface area (Å²) in [5.41, 5.74) is 0.386. The second-order valence-electron chi connectivity index (χ2n) is 7.72. The number of ether oxygens (including phenoxy) is 1. The summed E-state index contributed by atoms with van der Waals surface area (Å²) in [5.74, 6) is 0.175. The van der Waals surface area contributed by atoms with Crippen molar-refractivity contribution in [2.45, 2.75) is 57.1 Å². The van der Waals surface area contributed by atoms with Gasteiger partial charge in [0.05, 0.1) is 11.5 Å². The summed E-state index contributed by atoms with van der Waals surface area (Å²) in [6.07, 6.45) is 10.7. The van der Waals surface area contributed by atoms with E-state index < -0.39 is 5.41 Å². The fraction of sp³-hybridized carbons (Fsp3) is 0.684. The molecule has 2 amide bonds. The molecule has 2 atom stereocenters. The molecule has 1 saturated carbocycles. The minimum Gasteiger partial charge on any atom is -0.377 e. The van der Waals surface area contributed by atoms with Crippen LogP contribution >= 0.6 is 0 Å². The highest BCUT2D eigenvalue weighted by Gasteiger charge is 2.54. The summed E-state index contributed by atoms with van der Waals surface area (Å²) in [4.78, 5) is 35.6. The highest BCUT2D eigenvalue weighted by Crippen LogP contribution is 2.41. The predicted octanol–water partition coefficient (Wildman–Crippen LogP) is 1.09. The molecule has 3 heterocycles. The normalized spacial score (nSPS) is 28.3. The Labute approximate surface area is 153 Å². The van der Waals surface area contributed by atoms with Gasteiger partial charge in [-0.1, -0.05) is 0 Å². The molecule has 0 bridgehead atoms. The van der Waals surface area contributed by atoms with Gasteiger partial charge in [0.25, 0.3) is 0 Å². The Balaban J connectivity index is 1.40. The molecule has 0 aromatic carbocycles. The summed E-state index contributed by atoms with van der Waals surface area (Å²) in [6.45, 7) is 1.74. The van der Waals surface area contributed by atoms with Gasteiger partial charge in [0, 0.05) is 44.6 Å². The first kappa shape index (κ1) is 17.4. The molecule has 1 aromatic heterocycles. The molecular weight excluding hydrogens is 332 g/mol. The van der Waals surface area contributed by atoms with Crippen molar-refractivity contribution < 1.29 is 14.3 Å². The highest BCUT2D eigenvalue weighted by atomic mass is 16.5. The predicted molar refractivity (Wildman–Crippen MR) is 94.1 cm³/mol. The molecule has 0 spiro atoms. The first-order valence-corrected chi connectivity index (χ1v) is 9.62. The monoisotopic (exact) mass is 358 g/mol. The zero-order chi connectivity index (χ0) is 18.0. The van der Waals surface area contributed by atoms with E-state index in [1.807, 2.05) is 4.90 Å². The lowest BCUT2D eigenvalue weighted by molar-refractivity contribution is -0.147. The maximum absolute atomic E-state index is 13.0. The first-order valence-electron chi connectivity index (χ1n) is 9.62. The fourth-order valence-corrected chi connectivity index (χ4v) is 4.23. The van der Waals surface area contributed by atoms with E-state index in [9.17, 15) is 9.59 Å². The average Bonchev–Trinajstić information content (AvgIpc) is 3.07.